The van der Waals surface area contributed by atoms with E-state index in [-0.39, 0.29) is 29.0 Å². The first-order valence-corrected chi connectivity index (χ1v) is 9.89. The molecular weight excluding hydrogens is 316 g/mol. The van der Waals surface area contributed by atoms with E-state index in [1.165, 1.54) is 0 Å². The maximum absolute atomic E-state index is 12.3. The van der Waals surface area contributed by atoms with Crippen LogP contribution in [0, 0.1) is 5.92 Å². The van der Waals surface area contributed by atoms with E-state index in [9.17, 15) is 13.2 Å². The van der Waals surface area contributed by atoms with E-state index in [4.69, 9.17) is 4.42 Å². The van der Waals surface area contributed by atoms with Crippen LogP contribution in [0.15, 0.2) is 22.8 Å². The van der Waals surface area contributed by atoms with Gasteiger partial charge in [0.15, 0.2) is 0 Å². The zero-order chi connectivity index (χ0) is 16.0. The van der Waals surface area contributed by atoms with Crippen molar-refractivity contribution < 1.29 is 17.6 Å². The summed E-state index contributed by atoms with van der Waals surface area (Å²) in [7, 11) is -3.07. The summed E-state index contributed by atoms with van der Waals surface area (Å²) >= 11 is 0. The lowest BCUT2D eigenvalue weighted by Gasteiger charge is -2.31. The maximum atomic E-state index is 12.3. The summed E-state index contributed by atoms with van der Waals surface area (Å²) in [6.07, 6.45) is 5.49. The van der Waals surface area contributed by atoms with Gasteiger partial charge in [-0.05, 0) is 44.2 Å². The van der Waals surface area contributed by atoms with Crippen molar-refractivity contribution in [2.45, 2.75) is 49.3 Å². The standard InChI is InChI=1S/C16H22N2O4S/c19-16(14-10-13(14)15-2-1-9-22-15)17-11-5-7-18(8-6-11)23(20,21)12-3-4-12/h1-2,9,11-14H,3-8,10H2,(H,17,19). The fraction of sp³-hybridized carbons (Fsp3) is 0.688. The third-order valence-electron chi connectivity index (χ3n) is 5.14. The van der Waals surface area contributed by atoms with Gasteiger partial charge in [-0.15, -0.1) is 0 Å². The van der Waals surface area contributed by atoms with E-state index in [1.54, 1.807) is 10.6 Å². The lowest BCUT2D eigenvalue weighted by Crippen LogP contribution is -2.47. The number of furan rings is 1. The molecule has 4 rings (SSSR count). The number of amides is 1. The van der Waals surface area contributed by atoms with Crippen LogP contribution in [0.5, 0.6) is 0 Å². The quantitative estimate of drug-likeness (QED) is 0.881. The van der Waals surface area contributed by atoms with Crippen molar-refractivity contribution in [3.63, 3.8) is 0 Å². The number of piperidine rings is 1. The summed E-state index contributed by atoms with van der Waals surface area (Å²) in [4.78, 5) is 12.3. The van der Waals surface area contributed by atoms with E-state index in [2.05, 4.69) is 5.32 Å². The van der Waals surface area contributed by atoms with Gasteiger partial charge in [-0.3, -0.25) is 4.79 Å². The number of carbonyl (C=O) groups excluding carboxylic acids is 1. The second kappa shape index (κ2) is 5.63. The number of rotatable bonds is 5. The molecule has 0 spiro atoms. The van der Waals surface area contributed by atoms with Crippen LogP contribution < -0.4 is 5.32 Å². The molecule has 7 heteroatoms. The van der Waals surface area contributed by atoms with Crippen LogP contribution in [0.4, 0.5) is 0 Å². The lowest BCUT2D eigenvalue weighted by atomic mass is 10.1. The molecule has 2 aliphatic carbocycles. The highest BCUT2D eigenvalue weighted by Crippen LogP contribution is 2.47. The van der Waals surface area contributed by atoms with Crippen molar-refractivity contribution >= 4 is 15.9 Å². The molecule has 2 heterocycles. The summed E-state index contributed by atoms with van der Waals surface area (Å²) in [5.74, 6) is 1.18. The van der Waals surface area contributed by atoms with E-state index in [0.717, 1.165) is 25.0 Å². The summed E-state index contributed by atoms with van der Waals surface area (Å²) in [6, 6.07) is 3.85. The Kier molecular flexibility index (Phi) is 3.72. The molecule has 2 atom stereocenters. The first kappa shape index (κ1) is 15.2. The third kappa shape index (κ3) is 3.04. The second-order valence-corrected chi connectivity index (χ2v) is 9.10. The van der Waals surface area contributed by atoms with Crippen LogP contribution >= 0.6 is 0 Å². The van der Waals surface area contributed by atoms with Gasteiger partial charge in [-0.1, -0.05) is 0 Å². The van der Waals surface area contributed by atoms with Crippen LogP contribution in [-0.2, 0) is 14.8 Å². The van der Waals surface area contributed by atoms with E-state index >= 15 is 0 Å². The predicted molar refractivity (Wildman–Crippen MR) is 84.2 cm³/mol. The minimum absolute atomic E-state index is 0.00868. The highest BCUT2D eigenvalue weighted by Gasteiger charge is 2.46. The van der Waals surface area contributed by atoms with Crippen molar-refractivity contribution in [2.24, 2.45) is 5.92 Å². The van der Waals surface area contributed by atoms with Gasteiger partial charge in [0.05, 0.1) is 11.5 Å². The van der Waals surface area contributed by atoms with Gasteiger partial charge in [0.2, 0.25) is 15.9 Å². The van der Waals surface area contributed by atoms with Crippen LogP contribution in [-0.4, -0.2) is 43.0 Å². The van der Waals surface area contributed by atoms with Gasteiger partial charge in [0, 0.05) is 31.0 Å². The smallest absolute Gasteiger partial charge is 0.224 e. The average molecular weight is 338 g/mol. The van der Waals surface area contributed by atoms with Crippen LogP contribution in [0.1, 0.15) is 43.8 Å². The summed E-state index contributed by atoms with van der Waals surface area (Å²) in [5, 5.41) is 2.94. The first-order valence-electron chi connectivity index (χ1n) is 8.38. The van der Waals surface area contributed by atoms with Crippen molar-refractivity contribution in [3.05, 3.63) is 24.2 Å². The molecule has 1 aromatic heterocycles. The SMILES string of the molecule is O=C(NC1CCN(S(=O)(=O)C2CC2)CC1)C1CC1c1ccco1. The number of carbonyl (C=O) groups is 1. The molecule has 1 saturated heterocycles. The topological polar surface area (TPSA) is 79.6 Å². The van der Waals surface area contributed by atoms with Crippen LogP contribution in [0.2, 0.25) is 0 Å². The third-order valence-corrected chi connectivity index (χ3v) is 7.54. The van der Waals surface area contributed by atoms with Crippen LogP contribution in [0.25, 0.3) is 0 Å². The number of nitrogens with one attached hydrogen (secondary N) is 1. The van der Waals surface area contributed by atoms with Crippen molar-refractivity contribution in [1.29, 1.82) is 0 Å². The molecular formula is C16H22N2O4S. The lowest BCUT2D eigenvalue weighted by molar-refractivity contribution is -0.123. The molecule has 0 bridgehead atoms. The highest BCUT2D eigenvalue weighted by molar-refractivity contribution is 7.90. The molecule has 1 N–H and O–H groups in total. The first-order chi connectivity index (χ1) is 11.1. The van der Waals surface area contributed by atoms with Crippen molar-refractivity contribution in [1.82, 2.24) is 9.62 Å². The summed E-state index contributed by atoms with van der Waals surface area (Å²) < 4.78 is 31.4. The number of sulfonamides is 1. The van der Waals surface area contributed by atoms with Gasteiger partial charge in [0.1, 0.15) is 5.76 Å². The normalized spacial score (nSPS) is 29.4. The highest BCUT2D eigenvalue weighted by atomic mass is 32.2. The Labute approximate surface area is 136 Å². The molecule has 1 aromatic rings. The Morgan fingerprint density at radius 1 is 1.22 bits per heavy atom. The van der Waals surface area contributed by atoms with Gasteiger partial charge < -0.3 is 9.73 Å². The molecule has 1 amide bonds. The molecule has 1 aliphatic heterocycles. The maximum Gasteiger partial charge on any atom is 0.224 e. The Balaban J connectivity index is 1.26. The average Bonchev–Trinajstić information content (AvgIpc) is 3.46. The largest absolute Gasteiger partial charge is 0.469 e. The number of hydrogen-bond acceptors (Lipinski definition) is 4. The second-order valence-electron chi connectivity index (χ2n) is 6.89. The fourth-order valence-corrected chi connectivity index (χ4v) is 5.31. The van der Waals surface area contributed by atoms with Gasteiger partial charge in [0.25, 0.3) is 0 Å². The molecule has 3 fully saturated rings. The monoisotopic (exact) mass is 338 g/mol. The molecule has 3 aliphatic rings. The number of nitrogens with zero attached hydrogens (tertiary/aromatic N) is 1. The minimum Gasteiger partial charge on any atom is -0.469 e. The van der Waals surface area contributed by atoms with Gasteiger partial charge in [-0.2, -0.15) is 0 Å². The minimum atomic E-state index is -3.07. The molecule has 23 heavy (non-hydrogen) atoms. The molecule has 6 nitrogen and oxygen atoms in total. The van der Waals surface area contributed by atoms with Gasteiger partial charge >= 0.3 is 0 Å². The molecule has 2 saturated carbocycles. The summed E-state index contributed by atoms with van der Waals surface area (Å²) in [6.45, 7) is 1.05. The Hall–Kier alpha value is -1.34. The van der Waals surface area contributed by atoms with Crippen molar-refractivity contribution in [2.75, 3.05) is 13.1 Å². The Morgan fingerprint density at radius 3 is 2.57 bits per heavy atom. The Morgan fingerprint density at radius 2 is 1.96 bits per heavy atom. The molecule has 0 radical (unpaired) electrons. The van der Waals surface area contributed by atoms with Crippen LogP contribution in [0.3, 0.4) is 0 Å². The van der Waals surface area contributed by atoms with Gasteiger partial charge in [-0.25, -0.2) is 12.7 Å². The zero-order valence-electron chi connectivity index (χ0n) is 13.0. The zero-order valence-corrected chi connectivity index (χ0v) is 13.8. The summed E-state index contributed by atoms with van der Waals surface area (Å²) in [5.41, 5.74) is 0. The number of hydrogen-bond donors (Lipinski definition) is 1. The van der Waals surface area contributed by atoms with E-state index in [0.29, 0.717) is 25.9 Å². The van der Waals surface area contributed by atoms with Crippen molar-refractivity contribution in [3.8, 4) is 0 Å². The Bertz CT molecular complexity index is 673. The fourth-order valence-electron chi connectivity index (χ4n) is 3.44. The molecule has 0 aromatic carbocycles. The molecule has 126 valence electrons. The predicted octanol–water partition coefficient (Wildman–Crippen LogP) is 1.46. The molecule has 2 unspecified atom stereocenters. The van der Waals surface area contributed by atoms with E-state index < -0.39 is 10.0 Å². The van der Waals surface area contributed by atoms with E-state index in [1.807, 2.05) is 12.1 Å².